The molecule has 2 rings (SSSR count). The van der Waals surface area contributed by atoms with E-state index in [1.807, 2.05) is 0 Å². The number of carbonyl (C=O) groups is 1. The van der Waals surface area contributed by atoms with Crippen molar-refractivity contribution in [2.45, 2.75) is 44.1 Å². The largest absolute Gasteiger partial charge is 0.519 e. The lowest BCUT2D eigenvalue weighted by Gasteiger charge is -2.35. The standard InChI is InChI=1S/C10H14F3NO6S2/c1-7(2)8(3)4-5-9(7,20-6(8)15)21(16,17)14-22(18,19)10(11,12)13/h4-5H2,1-3H3,(H,14,16,17). The minimum atomic E-state index is -6.20. The van der Waals surface area contributed by atoms with Crippen molar-refractivity contribution < 1.29 is 39.9 Å². The molecule has 1 aliphatic carbocycles. The summed E-state index contributed by atoms with van der Waals surface area (Å²) in [6.45, 7) is 4.20. The Morgan fingerprint density at radius 1 is 1.18 bits per heavy atom. The lowest BCUT2D eigenvalue weighted by Crippen LogP contribution is -2.47. The van der Waals surface area contributed by atoms with Gasteiger partial charge in [-0.05, 0) is 13.3 Å². The molecule has 0 aromatic rings. The van der Waals surface area contributed by atoms with Crippen molar-refractivity contribution in [3.63, 3.8) is 0 Å². The van der Waals surface area contributed by atoms with Gasteiger partial charge in [-0.1, -0.05) is 17.6 Å². The van der Waals surface area contributed by atoms with Crippen molar-refractivity contribution in [3.8, 4) is 0 Å². The maximum atomic E-state index is 12.4. The molecule has 1 aliphatic heterocycles. The predicted octanol–water partition coefficient (Wildman–Crippen LogP) is 1.86. The molecule has 1 saturated carbocycles. The zero-order valence-electron chi connectivity index (χ0n) is 11.8. The Hall–Kier alpha value is -0.880. The quantitative estimate of drug-likeness (QED) is 0.748. The number of nitrogens with zero attached hydrogens (tertiary/aromatic N) is 1. The second-order valence-corrected chi connectivity index (χ2v) is 9.75. The molecule has 22 heavy (non-hydrogen) atoms. The first-order valence-electron chi connectivity index (χ1n) is 6.09. The number of hydrogen-bond donors (Lipinski definition) is 1. The summed E-state index contributed by atoms with van der Waals surface area (Å²) in [5, 5.41) is 0. The topological polar surface area (TPSA) is 110 Å². The maximum absolute atomic E-state index is 12.4. The van der Waals surface area contributed by atoms with Crippen LogP contribution in [-0.4, -0.2) is 33.6 Å². The van der Waals surface area contributed by atoms with Gasteiger partial charge in [-0.25, -0.2) is 4.21 Å². The Kier molecular flexibility index (Phi) is 3.29. The molecule has 12 heteroatoms. The Morgan fingerprint density at radius 3 is 2.00 bits per heavy atom. The van der Waals surface area contributed by atoms with E-state index < -0.39 is 47.3 Å². The van der Waals surface area contributed by atoms with Crippen LogP contribution in [0.1, 0.15) is 33.6 Å². The summed E-state index contributed by atoms with van der Waals surface area (Å²) in [4.78, 5) is 9.61. The van der Waals surface area contributed by atoms with Gasteiger partial charge in [-0.15, -0.1) is 0 Å². The molecule has 2 aliphatic rings. The lowest BCUT2D eigenvalue weighted by atomic mass is 9.70. The van der Waals surface area contributed by atoms with Gasteiger partial charge < -0.3 is 4.74 Å². The SMILES string of the molecule is CC12CCC(S(=O)(O)=NS(=O)(=O)C(F)(F)F)(OC1=O)C2(C)C. The molecular formula is C10H14F3NO6S2. The molecule has 3 atom stereocenters. The third-order valence-electron chi connectivity index (χ3n) is 4.92. The molecule has 0 amide bonds. The van der Waals surface area contributed by atoms with Gasteiger partial charge in [0.1, 0.15) is 0 Å². The number of hydrogen-bond acceptors (Lipinski definition) is 5. The van der Waals surface area contributed by atoms with Gasteiger partial charge in [-0.2, -0.15) is 21.6 Å². The zero-order chi connectivity index (χ0) is 17.4. The third-order valence-corrected chi connectivity index (χ3v) is 8.75. The number of rotatable bonds is 2. The summed E-state index contributed by atoms with van der Waals surface area (Å²) < 4.78 is 88.8. The highest BCUT2D eigenvalue weighted by molar-refractivity contribution is 8.01. The molecular weight excluding hydrogens is 351 g/mol. The summed E-state index contributed by atoms with van der Waals surface area (Å²) in [6, 6.07) is 0. The van der Waals surface area contributed by atoms with E-state index in [0.717, 1.165) is 0 Å². The van der Waals surface area contributed by atoms with E-state index in [0.29, 0.717) is 0 Å². The first-order valence-corrected chi connectivity index (χ1v) is 9.00. The molecule has 0 aromatic carbocycles. The van der Waals surface area contributed by atoms with E-state index in [1.54, 1.807) is 0 Å². The van der Waals surface area contributed by atoms with Crippen molar-refractivity contribution >= 4 is 26.0 Å². The zero-order valence-corrected chi connectivity index (χ0v) is 13.4. The normalized spacial score (nSPS) is 36.8. The van der Waals surface area contributed by atoms with E-state index in [4.69, 9.17) is 4.74 Å². The second-order valence-electron chi connectivity index (χ2n) is 6.09. The highest BCUT2D eigenvalue weighted by atomic mass is 32.3. The summed E-state index contributed by atoms with van der Waals surface area (Å²) in [5.74, 6) is -0.856. The van der Waals surface area contributed by atoms with Crippen LogP contribution in [0.15, 0.2) is 3.77 Å². The van der Waals surface area contributed by atoms with Gasteiger partial charge in [-0.3, -0.25) is 9.35 Å². The van der Waals surface area contributed by atoms with Crippen molar-refractivity contribution in [2.24, 2.45) is 14.6 Å². The smallest absolute Gasteiger partial charge is 0.441 e. The monoisotopic (exact) mass is 365 g/mol. The summed E-state index contributed by atoms with van der Waals surface area (Å²) >= 11 is 0. The summed E-state index contributed by atoms with van der Waals surface area (Å²) in [6.07, 6.45) is -0.174. The van der Waals surface area contributed by atoms with Crippen LogP contribution in [0.5, 0.6) is 0 Å². The van der Waals surface area contributed by atoms with Crippen LogP contribution in [0, 0.1) is 10.8 Å². The number of esters is 1. The van der Waals surface area contributed by atoms with Crippen LogP contribution >= 0.6 is 0 Å². The first-order chi connectivity index (χ1) is 9.54. The minimum Gasteiger partial charge on any atom is -0.441 e. The van der Waals surface area contributed by atoms with Crippen molar-refractivity contribution in [1.29, 1.82) is 0 Å². The average molecular weight is 365 g/mol. The highest BCUT2D eigenvalue weighted by Crippen LogP contribution is 2.67. The second kappa shape index (κ2) is 4.15. The van der Waals surface area contributed by atoms with E-state index in [2.05, 4.69) is 3.77 Å². The lowest BCUT2D eigenvalue weighted by molar-refractivity contribution is -0.154. The Bertz CT molecular complexity index is 764. The van der Waals surface area contributed by atoms with E-state index in [1.165, 1.54) is 20.8 Å². The van der Waals surface area contributed by atoms with E-state index in [9.17, 15) is 35.1 Å². The van der Waals surface area contributed by atoms with Crippen LogP contribution in [0.25, 0.3) is 0 Å². The first kappa shape index (κ1) is 17.5. The molecule has 3 unspecified atom stereocenters. The van der Waals surface area contributed by atoms with E-state index >= 15 is 0 Å². The minimum absolute atomic E-state index is 0.0813. The average Bonchev–Trinajstić information content (AvgIpc) is 2.56. The van der Waals surface area contributed by atoms with Gasteiger partial charge in [0.2, 0.25) is 14.9 Å². The third kappa shape index (κ3) is 1.80. The van der Waals surface area contributed by atoms with Crippen molar-refractivity contribution in [3.05, 3.63) is 0 Å². The molecule has 128 valence electrons. The molecule has 2 fully saturated rings. The van der Waals surface area contributed by atoms with Gasteiger partial charge in [0.15, 0.2) is 0 Å². The van der Waals surface area contributed by atoms with Crippen molar-refractivity contribution in [2.75, 3.05) is 0 Å². The molecule has 0 aromatic heterocycles. The van der Waals surface area contributed by atoms with Gasteiger partial charge in [0, 0.05) is 11.8 Å². The van der Waals surface area contributed by atoms with Crippen LogP contribution in [0.3, 0.4) is 0 Å². The molecule has 1 heterocycles. The molecule has 2 bridgehead atoms. The fourth-order valence-corrected chi connectivity index (χ4v) is 6.34. The van der Waals surface area contributed by atoms with Crippen LogP contribution in [0.4, 0.5) is 13.2 Å². The fraction of sp³-hybridized carbons (Fsp3) is 0.900. The van der Waals surface area contributed by atoms with E-state index in [-0.39, 0.29) is 12.8 Å². The Balaban J connectivity index is 2.71. The Labute approximate surface area is 125 Å². The molecule has 7 nitrogen and oxygen atoms in total. The predicted molar refractivity (Wildman–Crippen MR) is 68.1 cm³/mol. The summed E-state index contributed by atoms with van der Waals surface area (Å²) in [7, 11) is -11.2. The van der Waals surface area contributed by atoms with Gasteiger partial charge in [0.25, 0.3) is 0 Å². The number of fused-ring (bicyclic) bond motifs is 2. The van der Waals surface area contributed by atoms with Crippen LogP contribution in [-0.2, 0) is 29.6 Å². The molecule has 0 spiro atoms. The van der Waals surface area contributed by atoms with Gasteiger partial charge >= 0.3 is 21.5 Å². The number of ether oxygens (including phenoxy) is 1. The van der Waals surface area contributed by atoms with Crippen LogP contribution < -0.4 is 0 Å². The number of alkyl halides is 3. The highest BCUT2D eigenvalue weighted by Gasteiger charge is 2.77. The number of sulfonamides is 1. The number of halogens is 3. The maximum Gasteiger partial charge on any atom is 0.519 e. The molecule has 0 radical (unpaired) electrons. The van der Waals surface area contributed by atoms with Crippen LogP contribution in [0.2, 0.25) is 0 Å². The molecule has 1 N–H and O–H groups in total. The van der Waals surface area contributed by atoms with Gasteiger partial charge in [0.05, 0.1) is 5.41 Å². The summed E-state index contributed by atoms with van der Waals surface area (Å²) in [5.41, 5.74) is -8.38. The fourth-order valence-electron chi connectivity index (χ4n) is 3.01. The van der Waals surface area contributed by atoms with Crippen molar-refractivity contribution in [1.82, 2.24) is 0 Å². The Morgan fingerprint density at radius 2 is 1.68 bits per heavy atom. The molecule has 1 saturated heterocycles. The number of carbonyl (C=O) groups excluding carboxylic acids is 1.